The third-order valence-corrected chi connectivity index (χ3v) is 15.8. The summed E-state index contributed by atoms with van der Waals surface area (Å²) in [6.45, 7) is 10.8. The van der Waals surface area contributed by atoms with Gasteiger partial charge in [-0.25, -0.2) is 4.79 Å². The Morgan fingerprint density at radius 3 is 2.28 bits per heavy atom. The van der Waals surface area contributed by atoms with Gasteiger partial charge in [-0.1, -0.05) is 52.2 Å². The maximum Gasteiger partial charge on any atom is 0.338 e. The molecular formula is C47H71NO13. The van der Waals surface area contributed by atoms with Gasteiger partial charge >= 0.3 is 11.9 Å². The van der Waals surface area contributed by atoms with Crippen molar-refractivity contribution in [2.45, 2.75) is 160 Å². The predicted octanol–water partition coefficient (Wildman–Crippen LogP) is 4.67. The van der Waals surface area contributed by atoms with Gasteiger partial charge < -0.3 is 59.3 Å². The Morgan fingerprint density at radius 1 is 0.885 bits per heavy atom. The molecule has 14 nitrogen and oxygen atoms in total. The van der Waals surface area contributed by atoms with Crippen molar-refractivity contribution in [1.82, 2.24) is 0 Å². The van der Waals surface area contributed by atoms with Crippen LogP contribution in [0.25, 0.3) is 0 Å². The first-order valence-corrected chi connectivity index (χ1v) is 22.8. The van der Waals surface area contributed by atoms with E-state index < -0.39 is 61.1 Å². The van der Waals surface area contributed by atoms with E-state index in [0.29, 0.717) is 41.9 Å². The standard InChI is InChI=1S/C47H71NO13/c1-25(22-48)8-7-9-26(2)38-37(21-34-32-15-12-29-20-30(50)16-18-46(29,4)33(32)17-19-47(34,38)5)59-45-42(58-27(3)49)40(36(52)24-57-45)61-44-41(39(53)35(51)23-56-44)60-43(54)28-10-13-31(55-6)14-11-28/h10-14,25-26,30,32-42,44-45,50-53H,7-9,15-24,48H2,1-6H3/t25-,26-,30+,32?,33?,34?,35-,36+,37+,38+,39+,40+,41-,42-,44+,45+,46+,47+/m1/s1. The van der Waals surface area contributed by atoms with E-state index in [-0.39, 0.29) is 47.7 Å². The summed E-state index contributed by atoms with van der Waals surface area (Å²) in [5.74, 6) is 1.32. The second-order valence-electron chi connectivity index (χ2n) is 19.7. The van der Waals surface area contributed by atoms with Crippen molar-refractivity contribution in [2.75, 3.05) is 26.9 Å². The molecule has 0 aromatic heterocycles. The van der Waals surface area contributed by atoms with E-state index in [2.05, 4.69) is 33.8 Å². The van der Waals surface area contributed by atoms with E-state index in [1.807, 2.05) is 0 Å². The van der Waals surface area contributed by atoms with Crippen LogP contribution >= 0.6 is 0 Å². The SMILES string of the molecule is COc1ccc(C(=O)O[C@H]2[C@H](O[C@@H]3[C@@H](OC(C)=O)[C@H](O[C@H]4CC5C6CC=C7C[C@@H](O)CC[C@]7(C)C6CC[C@]5(C)[C@H]4[C@H](C)CCC[C@@H](C)CN)OC[C@@H]3O)OC[C@@H](O)[C@@H]2O)cc1. The second kappa shape index (κ2) is 19.2. The molecule has 5 fully saturated rings. The Balaban J connectivity index is 1.14. The largest absolute Gasteiger partial charge is 0.497 e. The van der Waals surface area contributed by atoms with E-state index in [4.69, 9.17) is 38.9 Å². The molecule has 7 rings (SSSR count). The quantitative estimate of drug-likeness (QED) is 0.128. The summed E-state index contributed by atoms with van der Waals surface area (Å²) in [7, 11) is 1.50. The Hall–Kier alpha value is -2.66. The van der Waals surface area contributed by atoms with Crippen molar-refractivity contribution >= 4 is 11.9 Å². The number of hydrogen-bond donors (Lipinski definition) is 5. The molecule has 3 saturated carbocycles. The highest BCUT2D eigenvalue weighted by atomic mass is 16.7. The zero-order chi connectivity index (χ0) is 43.8. The minimum Gasteiger partial charge on any atom is -0.497 e. The van der Waals surface area contributed by atoms with Crippen LogP contribution in [0.15, 0.2) is 35.9 Å². The number of methoxy groups -OCH3 is 1. The summed E-state index contributed by atoms with van der Waals surface area (Å²) >= 11 is 0. The molecule has 2 heterocycles. The third kappa shape index (κ3) is 9.45. The highest BCUT2D eigenvalue weighted by molar-refractivity contribution is 5.89. The van der Waals surface area contributed by atoms with Crippen molar-refractivity contribution in [3.05, 3.63) is 41.5 Å². The molecule has 3 unspecified atom stereocenters. The van der Waals surface area contributed by atoms with Gasteiger partial charge in [-0.2, -0.15) is 0 Å². The van der Waals surface area contributed by atoms with E-state index >= 15 is 0 Å². The number of allylic oxidation sites excluding steroid dienone is 1. The summed E-state index contributed by atoms with van der Waals surface area (Å²) in [6, 6.07) is 6.18. The van der Waals surface area contributed by atoms with Crippen LogP contribution in [0.4, 0.5) is 0 Å². The fourth-order valence-corrected chi connectivity index (χ4v) is 12.5. The second-order valence-corrected chi connectivity index (χ2v) is 19.7. The summed E-state index contributed by atoms with van der Waals surface area (Å²) < 4.78 is 42.3. The fourth-order valence-electron chi connectivity index (χ4n) is 12.5. The first-order chi connectivity index (χ1) is 29.1. The van der Waals surface area contributed by atoms with Crippen molar-refractivity contribution in [1.29, 1.82) is 0 Å². The number of fused-ring (bicyclic) bond motifs is 5. The average molecular weight is 858 g/mol. The van der Waals surface area contributed by atoms with E-state index in [1.54, 1.807) is 12.1 Å². The zero-order valence-corrected chi connectivity index (χ0v) is 36.9. The summed E-state index contributed by atoms with van der Waals surface area (Å²) in [5, 5.41) is 43.7. The van der Waals surface area contributed by atoms with E-state index in [9.17, 15) is 30.0 Å². The molecule has 0 radical (unpaired) electrons. The van der Waals surface area contributed by atoms with Gasteiger partial charge in [0.2, 0.25) is 0 Å². The summed E-state index contributed by atoms with van der Waals surface area (Å²) in [5.41, 5.74) is 7.63. The number of carbonyl (C=O) groups excluding carboxylic acids is 2. The van der Waals surface area contributed by atoms with Gasteiger partial charge in [0.25, 0.3) is 0 Å². The molecular weight excluding hydrogens is 787 g/mol. The van der Waals surface area contributed by atoms with Crippen LogP contribution in [0.5, 0.6) is 5.75 Å². The number of aliphatic hydroxyl groups is 4. The van der Waals surface area contributed by atoms with Crippen LogP contribution in [-0.2, 0) is 33.2 Å². The molecule has 0 spiro atoms. The molecule has 0 amide bonds. The number of benzene rings is 1. The van der Waals surface area contributed by atoms with Crippen molar-refractivity contribution in [2.24, 2.45) is 52.1 Å². The highest BCUT2D eigenvalue weighted by Gasteiger charge is 2.63. The van der Waals surface area contributed by atoms with Crippen LogP contribution in [0.1, 0.15) is 109 Å². The van der Waals surface area contributed by atoms with Gasteiger partial charge in [-0.05, 0) is 129 Å². The number of ether oxygens (including phenoxy) is 7. The molecule has 4 aliphatic carbocycles. The smallest absolute Gasteiger partial charge is 0.338 e. The number of carbonyl (C=O) groups is 2. The van der Waals surface area contributed by atoms with Crippen LogP contribution in [0, 0.1) is 46.3 Å². The normalized spacial score (nSPS) is 41.9. The van der Waals surface area contributed by atoms with E-state index in [0.717, 1.165) is 64.2 Å². The Morgan fingerprint density at radius 2 is 1.59 bits per heavy atom. The van der Waals surface area contributed by atoms with Gasteiger partial charge in [-0.15, -0.1) is 0 Å². The van der Waals surface area contributed by atoms with E-state index in [1.165, 1.54) is 31.7 Å². The lowest BCUT2D eigenvalue weighted by atomic mass is 9.47. The zero-order valence-electron chi connectivity index (χ0n) is 36.9. The first kappa shape index (κ1) is 46.3. The van der Waals surface area contributed by atoms with Gasteiger partial charge in [0.15, 0.2) is 24.8 Å². The molecule has 61 heavy (non-hydrogen) atoms. The number of esters is 2. The molecule has 6 N–H and O–H groups in total. The van der Waals surface area contributed by atoms with Crippen LogP contribution in [-0.4, -0.2) is 121 Å². The Bertz CT molecular complexity index is 1690. The van der Waals surface area contributed by atoms with Crippen molar-refractivity contribution < 1.29 is 63.2 Å². The lowest BCUT2D eigenvalue weighted by molar-refractivity contribution is -0.340. The average Bonchev–Trinajstić information content (AvgIpc) is 3.54. The molecule has 2 saturated heterocycles. The third-order valence-electron chi connectivity index (χ3n) is 15.8. The molecule has 1 aromatic carbocycles. The Kier molecular flexibility index (Phi) is 14.6. The van der Waals surface area contributed by atoms with Crippen LogP contribution < -0.4 is 10.5 Å². The van der Waals surface area contributed by atoms with Crippen molar-refractivity contribution in [3.63, 3.8) is 0 Å². The summed E-state index contributed by atoms with van der Waals surface area (Å²) in [6.07, 6.45) is 0.613. The predicted molar refractivity (Wildman–Crippen MR) is 223 cm³/mol. The monoisotopic (exact) mass is 857 g/mol. The lowest BCUT2D eigenvalue weighted by Crippen LogP contribution is -2.62. The van der Waals surface area contributed by atoms with Gasteiger partial charge in [0.1, 0.15) is 30.2 Å². The first-order valence-electron chi connectivity index (χ1n) is 22.8. The fraction of sp³-hybridized carbons (Fsp3) is 0.787. The van der Waals surface area contributed by atoms with Crippen LogP contribution in [0.3, 0.4) is 0 Å². The molecule has 18 atom stereocenters. The number of hydrogen-bond acceptors (Lipinski definition) is 14. The Labute approximate surface area is 360 Å². The minimum absolute atomic E-state index is 0.0322. The number of nitrogens with two attached hydrogens (primary N) is 1. The number of aliphatic hydroxyl groups excluding tert-OH is 4. The molecule has 342 valence electrons. The van der Waals surface area contributed by atoms with Gasteiger partial charge in [-0.3, -0.25) is 4.79 Å². The maximum atomic E-state index is 13.3. The van der Waals surface area contributed by atoms with Gasteiger partial charge in [0, 0.05) is 6.92 Å². The lowest BCUT2D eigenvalue weighted by Gasteiger charge is -2.58. The van der Waals surface area contributed by atoms with Gasteiger partial charge in [0.05, 0.1) is 38.1 Å². The topological polar surface area (TPSA) is 206 Å². The minimum atomic E-state index is -1.59. The van der Waals surface area contributed by atoms with Crippen molar-refractivity contribution in [3.8, 4) is 5.75 Å². The molecule has 0 bridgehead atoms. The maximum absolute atomic E-state index is 13.3. The van der Waals surface area contributed by atoms with Crippen LogP contribution in [0.2, 0.25) is 0 Å². The number of rotatable bonds is 14. The summed E-state index contributed by atoms with van der Waals surface area (Å²) in [4.78, 5) is 26.1. The molecule has 2 aliphatic heterocycles. The molecule has 1 aromatic rings. The highest BCUT2D eigenvalue weighted by Crippen LogP contribution is 2.68. The molecule has 6 aliphatic rings. The molecule has 14 heteroatoms.